The van der Waals surface area contributed by atoms with Gasteiger partial charge in [-0.05, 0) is 36.2 Å². The van der Waals surface area contributed by atoms with E-state index in [1.165, 1.54) is 12.1 Å². The highest BCUT2D eigenvalue weighted by Gasteiger charge is 2.16. The summed E-state index contributed by atoms with van der Waals surface area (Å²) >= 11 is 0. The highest BCUT2D eigenvalue weighted by Crippen LogP contribution is 2.21. The minimum Gasteiger partial charge on any atom is -0.322 e. The molecule has 90 valence electrons. The summed E-state index contributed by atoms with van der Waals surface area (Å²) in [5.74, 6) is 0.0708. The molecule has 0 aliphatic heterocycles. The lowest BCUT2D eigenvalue weighted by Gasteiger charge is -2.17. The van der Waals surface area contributed by atoms with Crippen molar-refractivity contribution in [1.29, 1.82) is 0 Å². The Labute approximate surface area is 100 Å². The van der Waals surface area contributed by atoms with E-state index in [-0.39, 0.29) is 11.9 Å². The van der Waals surface area contributed by atoms with Gasteiger partial charge < -0.3 is 5.73 Å². The van der Waals surface area contributed by atoms with Gasteiger partial charge in [0.25, 0.3) is 0 Å². The predicted molar refractivity (Wildman–Crippen MR) is 65.3 cm³/mol. The van der Waals surface area contributed by atoms with E-state index >= 15 is 0 Å². The Morgan fingerprint density at radius 3 is 2.41 bits per heavy atom. The molecule has 0 radical (unpaired) electrons. The van der Waals surface area contributed by atoms with Gasteiger partial charge in [-0.2, -0.15) is 5.10 Å². The molecule has 1 atom stereocenters. The number of rotatable bonds is 3. The van der Waals surface area contributed by atoms with Gasteiger partial charge in [-0.1, -0.05) is 13.8 Å². The fourth-order valence-corrected chi connectivity index (χ4v) is 1.71. The molecule has 1 aromatic carbocycles. The lowest BCUT2D eigenvalue weighted by Crippen LogP contribution is -2.20. The first-order valence-electron chi connectivity index (χ1n) is 5.65. The van der Waals surface area contributed by atoms with Crippen molar-refractivity contribution >= 4 is 0 Å². The van der Waals surface area contributed by atoms with Gasteiger partial charge in [0.1, 0.15) is 5.82 Å². The average Bonchev–Trinajstić information content (AvgIpc) is 2.77. The van der Waals surface area contributed by atoms with E-state index < -0.39 is 0 Å². The zero-order chi connectivity index (χ0) is 12.4. The minimum absolute atomic E-state index is 0.0810. The third-order valence-electron chi connectivity index (χ3n) is 2.80. The summed E-state index contributed by atoms with van der Waals surface area (Å²) in [6, 6.07) is 8.04. The van der Waals surface area contributed by atoms with Crippen molar-refractivity contribution in [2.45, 2.75) is 19.9 Å². The zero-order valence-electron chi connectivity index (χ0n) is 9.97. The standard InChI is InChI=1S/C13H16FN3/c1-9(2)13(15)12-7-8-16-17(12)11-5-3-10(14)4-6-11/h3-9,13H,15H2,1-2H3. The van der Waals surface area contributed by atoms with Gasteiger partial charge in [-0.15, -0.1) is 0 Å². The van der Waals surface area contributed by atoms with Crippen LogP contribution < -0.4 is 5.73 Å². The first-order valence-corrected chi connectivity index (χ1v) is 5.65. The molecule has 0 spiro atoms. The molecule has 2 aromatic rings. The van der Waals surface area contributed by atoms with Crippen LogP contribution in [-0.4, -0.2) is 9.78 Å². The van der Waals surface area contributed by atoms with E-state index in [0.29, 0.717) is 5.92 Å². The largest absolute Gasteiger partial charge is 0.322 e. The molecule has 1 heterocycles. The van der Waals surface area contributed by atoms with Crippen molar-refractivity contribution in [3.63, 3.8) is 0 Å². The summed E-state index contributed by atoms with van der Waals surface area (Å²) in [6.07, 6.45) is 1.71. The van der Waals surface area contributed by atoms with Gasteiger partial charge in [-0.3, -0.25) is 0 Å². The summed E-state index contributed by atoms with van der Waals surface area (Å²) in [5.41, 5.74) is 7.87. The maximum Gasteiger partial charge on any atom is 0.123 e. The normalized spacial score (nSPS) is 13.0. The third-order valence-corrected chi connectivity index (χ3v) is 2.80. The number of hydrogen-bond donors (Lipinski definition) is 1. The predicted octanol–water partition coefficient (Wildman–Crippen LogP) is 2.67. The number of hydrogen-bond acceptors (Lipinski definition) is 2. The summed E-state index contributed by atoms with van der Waals surface area (Å²) < 4.78 is 14.6. The molecule has 4 heteroatoms. The monoisotopic (exact) mass is 233 g/mol. The first-order chi connectivity index (χ1) is 8.09. The Balaban J connectivity index is 2.40. The zero-order valence-corrected chi connectivity index (χ0v) is 9.97. The number of nitrogens with zero attached hydrogens (tertiary/aromatic N) is 2. The van der Waals surface area contributed by atoms with Gasteiger partial charge in [0.2, 0.25) is 0 Å². The fourth-order valence-electron chi connectivity index (χ4n) is 1.71. The van der Waals surface area contributed by atoms with E-state index in [4.69, 9.17) is 5.73 Å². The second-order valence-corrected chi connectivity index (χ2v) is 4.41. The van der Waals surface area contributed by atoms with E-state index in [9.17, 15) is 4.39 Å². The van der Waals surface area contributed by atoms with Gasteiger partial charge in [-0.25, -0.2) is 9.07 Å². The van der Waals surface area contributed by atoms with Crippen LogP contribution in [0.5, 0.6) is 0 Å². The van der Waals surface area contributed by atoms with Crippen LogP contribution in [0.2, 0.25) is 0 Å². The number of halogens is 1. The number of benzene rings is 1. The van der Waals surface area contributed by atoms with Crippen molar-refractivity contribution in [1.82, 2.24) is 9.78 Å². The molecule has 1 aromatic heterocycles. The number of aromatic nitrogens is 2. The van der Waals surface area contributed by atoms with Crippen LogP contribution in [0.15, 0.2) is 36.5 Å². The second kappa shape index (κ2) is 4.67. The Morgan fingerprint density at radius 1 is 1.18 bits per heavy atom. The molecule has 0 fully saturated rings. The van der Waals surface area contributed by atoms with Gasteiger partial charge >= 0.3 is 0 Å². The van der Waals surface area contributed by atoms with Crippen LogP contribution in [-0.2, 0) is 0 Å². The number of nitrogens with two attached hydrogens (primary N) is 1. The van der Waals surface area contributed by atoms with E-state index in [1.807, 2.05) is 6.07 Å². The minimum atomic E-state index is -0.254. The highest BCUT2D eigenvalue weighted by molar-refractivity contribution is 5.33. The topological polar surface area (TPSA) is 43.8 Å². The van der Waals surface area contributed by atoms with Crippen LogP contribution in [0.4, 0.5) is 4.39 Å². The summed E-state index contributed by atoms with van der Waals surface area (Å²) in [5, 5.41) is 4.23. The first kappa shape index (κ1) is 11.8. The molecule has 0 saturated carbocycles. The third kappa shape index (κ3) is 2.36. The van der Waals surface area contributed by atoms with Gasteiger partial charge in [0, 0.05) is 12.2 Å². The summed E-state index contributed by atoms with van der Waals surface area (Å²) in [6.45, 7) is 4.12. The molecule has 0 aliphatic carbocycles. The Morgan fingerprint density at radius 2 is 1.82 bits per heavy atom. The Hall–Kier alpha value is -1.68. The molecule has 17 heavy (non-hydrogen) atoms. The molecule has 0 bridgehead atoms. The molecule has 2 N–H and O–H groups in total. The van der Waals surface area contributed by atoms with Gasteiger partial charge in [0.15, 0.2) is 0 Å². The maximum absolute atomic E-state index is 12.9. The quantitative estimate of drug-likeness (QED) is 0.885. The summed E-state index contributed by atoms with van der Waals surface area (Å²) in [4.78, 5) is 0. The van der Waals surface area contributed by atoms with Crippen LogP contribution in [0.1, 0.15) is 25.6 Å². The fraction of sp³-hybridized carbons (Fsp3) is 0.308. The second-order valence-electron chi connectivity index (χ2n) is 4.41. The lowest BCUT2D eigenvalue weighted by molar-refractivity contribution is 0.490. The summed E-state index contributed by atoms with van der Waals surface area (Å²) in [7, 11) is 0. The molecule has 3 nitrogen and oxygen atoms in total. The van der Waals surface area contributed by atoms with Crippen LogP contribution in [0, 0.1) is 11.7 Å². The van der Waals surface area contributed by atoms with E-state index in [0.717, 1.165) is 11.4 Å². The SMILES string of the molecule is CC(C)C(N)c1ccnn1-c1ccc(F)cc1. The average molecular weight is 233 g/mol. The van der Waals surface area contributed by atoms with Crippen LogP contribution in [0.3, 0.4) is 0 Å². The van der Waals surface area contributed by atoms with Crippen molar-refractivity contribution in [3.8, 4) is 5.69 Å². The Bertz CT molecular complexity index is 488. The highest BCUT2D eigenvalue weighted by atomic mass is 19.1. The van der Waals surface area contributed by atoms with Gasteiger partial charge in [0.05, 0.1) is 11.4 Å². The van der Waals surface area contributed by atoms with Crippen LogP contribution >= 0.6 is 0 Å². The maximum atomic E-state index is 12.9. The van der Waals surface area contributed by atoms with Crippen molar-refractivity contribution < 1.29 is 4.39 Å². The van der Waals surface area contributed by atoms with E-state index in [2.05, 4.69) is 18.9 Å². The molecular formula is C13H16FN3. The molecule has 2 rings (SSSR count). The van der Waals surface area contributed by atoms with E-state index in [1.54, 1.807) is 23.0 Å². The van der Waals surface area contributed by atoms with Crippen molar-refractivity contribution in [2.75, 3.05) is 0 Å². The lowest BCUT2D eigenvalue weighted by atomic mass is 10.0. The molecule has 0 saturated heterocycles. The van der Waals surface area contributed by atoms with Crippen LogP contribution in [0.25, 0.3) is 5.69 Å². The van der Waals surface area contributed by atoms with Crippen molar-refractivity contribution in [2.24, 2.45) is 11.7 Å². The smallest absolute Gasteiger partial charge is 0.123 e. The molecule has 0 amide bonds. The van der Waals surface area contributed by atoms with Crippen molar-refractivity contribution in [3.05, 3.63) is 48.0 Å². The molecule has 1 unspecified atom stereocenters. The molecular weight excluding hydrogens is 217 g/mol. The molecule has 0 aliphatic rings. The Kier molecular flexibility index (Phi) is 3.24.